The van der Waals surface area contributed by atoms with Gasteiger partial charge in [-0.15, -0.1) is 51.5 Å². The molecular weight excluding hydrogens is 532 g/mol. The summed E-state index contributed by atoms with van der Waals surface area (Å²) in [6.07, 6.45) is -1.11. The molecule has 29 heavy (non-hydrogen) atoms. The molecule has 0 spiro atoms. The highest BCUT2D eigenvalue weighted by Crippen LogP contribution is 2.76. The standard InChI is InChI=1S/C16H9Cl7N2O4/c17-5-2-1-3-6(4-5)24-13(28)29-25-11(26)7-8(12(25)27)15(21)10(19)9(18)14(7,20)16(15,22)23/h1-4,7-10H,(H,24,28)/t7-,8+,9+,10-,14-,15-/m0/s1. The molecule has 4 rings (SSSR count). The van der Waals surface area contributed by atoms with Crippen molar-refractivity contribution in [3.05, 3.63) is 29.3 Å². The summed E-state index contributed by atoms with van der Waals surface area (Å²) >= 11 is 44.4. The first kappa shape index (κ1) is 21.9. The SMILES string of the molecule is O=C(Nc1cccc(Cl)c1)ON1C(=O)[C@@H]2[C@H](C1=O)[C@]1(Cl)[C@@H](Cl)[C@@H](Cl)[C@]2(Cl)C1(Cl)Cl. The number of carbonyl (C=O) groups excluding carboxylic acids is 3. The van der Waals surface area contributed by atoms with Gasteiger partial charge in [-0.05, 0) is 18.2 Å². The van der Waals surface area contributed by atoms with Gasteiger partial charge in [-0.25, -0.2) is 4.79 Å². The largest absolute Gasteiger partial charge is 0.436 e. The smallest absolute Gasteiger partial charge is 0.311 e. The number of benzene rings is 1. The number of fused-ring (bicyclic) bond motifs is 5. The monoisotopic (exact) mass is 538 g/mol. The average Bonchev–Trinajstić information content (AvgIpc) is 3.01. The van der Waals surface area contributed by atoms with Gasteiger partial charge < -0.3 is 4.84 Å². The molecule has 3 amide bonds. The Morgan fingerprint density at radius 3 is 2.00 bits per heavy atom. The molecule has 1 aromatic rings. The number of halogens is 7. The Morgan fingerprint density at radius 1 is 1.00 bits per heavy atom. The Labute approximate surface area is 199 Å². The van der Waals surface area contributed by atoms with E-state index in [1.54, 1.807) is 12.1 Å². The molecule has 1 heterocycles. The zero-order chi connectivity index (χ0) is 21.5. The van der Waals surface area contributed by atoms with Crippen LogP contribution in [0.1, 0.15) is 0 Å². The average molecular weight is 541 g/mol. The minimum absolute atomic E-state index is 0.283. The van der Waals surface area contributed by atoms with Crippen LogP contribution in [-0.4, -0.2) is 47.8 Å². The predicted octanol–water partition coefficient (Wildman–Crippen LogP) is 4.78. The molecule has 1 aliphatic heterocycles. The van der Waals surface area contributed by atoms with E-state index in [9.17, 15) is 14.4 Å². The molecule has 3 fully saturated rings. The molecule has 0 aromatic heterocycles. The number of rotatable bonds is 2. The third-order valence-electron chi connectivity index (χ3n) is 5.44. The number of alkyl halides is 6. The predicted molar refractivity (Wildman–Crippen MR) is 111 cm³/mol. The number of nitrogens with zero attached hydrogens (tertiary/aromatic N) is 1. The highest BCUT2D eigenvalue weighted by atomic mass is 35.5. The third kappa shape index (κ3) is 2.60. The molecule has 2 aliphatic carbocycles. The fourth-order valence-electron chi connectivity index (χ4n) is 4.17. The maximum absolute atomic E-state index is 12.9. The molecule has 1 N–H and O–H groups in total. The van der Waals surface area contributed by atoms with E-state index in [-0.39, 0.29) is 10.8 Å². The van der Waals surface area contributed by atoms with E-state index in [0.29, 0.717) is 5.02 Å². The number of carbonyl (C=O) groups is 3. The lowest BCUT2D eigenvalue weighted by Gasteiger charge is -2.35. The van der Waals surface area contributed by atoms with E-state index in [1.165, 1.54) is 12.1 Å². The highest BCUT2D eigenvalue weighted by molar-refractivity contribution is 6.63. The lowest BCUT2D eigenvalue weighted by atomic mass is 9.79. The van der Waals surface area contributed by atoms with Gasteiger partial charge in [0.15, 0.2) is 4.33 Å². The van der Waals surface area contributed by atoms with E-state index in [4.69, 9.17) is 86.0 Å². The van der Waals surface area contributed by atoms with Gasteiger partial charge in [0, 0.05) is 10.7 Å². The summed E-state index contributed by atoms with van der Waals surface area (Å²) in [7, 11) is 0. The van der Waals surface area contributed by atoms with Gasteiger partial charge in [-0.2, -0.15) is 0 Å². The summed E-state index contributed by atoms with van der Waals surface area (Å²) in [5.74, 6) is -4.56. The van der Waals surface area contributed by atoms with Crippen molar-refractivity contribution in [2.75, 3.05) is 5.32 Å². The van der Waals surface area contributed by atoms with E-state index < -0.39 is 54.6 Å². The molecule has 13 heteroatoms. The maximum atomic E-state index is 12.9. The molecule has 2 bridgehead atoms. The number of hydrogen-bond acceptors (Lipinski definition) is 4. The van der Waals surface area contributed by atoms with Crippen LogP contribution < -0.4 is 5.32 Å². The minimum atomic E-state index is -1.99. The molecule has 1 saturated heterocycles. The highest BCUT2D eigenvalue weighted by Gasteiger charge is 2.91. The van der Waals surface area contributed by atoms with Crippen molar-refractivity contribution >= 4 is 105 Å². The first-order valence-electron chi connectivity index (χ1n) is 8.05. The summed E-state index contributed by atoms with van der Waals surface area (Å²) in [5, 5.41) is 0.730. The zero-order valence-electron chi connectivity index (χ0n) is 13.8. The second kappa shape index (κ2) is 6.83. The fourth-order valence-corrected chi connectivity index (χ4v) is 7.70. The summed E-state index contributed by atoms with van der Waals surface area (Å²) in [6.45, 7) is 0. The number of hydroxylamine groups is 2. The fraction of sp³-hybridized carbons (Fsp3) is 0.438. The summed E-state index contributed by atoms with van der Waals surface area (Å²) in [6, 6.07) is 6.15. The van der Waals surface area contributed by atoms with E-state index in [0.717, 1.165) is 0 Å². The van der Waals surface area contributed by atoms with Crippen LogP contribution in [0.4, 0.5) is 10.5 Å². The van der Waals surface area contributed by atoms with Gasteiger partial charge in [0.25, 0.3) is 11.8 Å². The van der Waals surface area contributed by atoms with Gasteiger partial charge >= 0.3 is 6.09 Å². The van der Waals surface area contributed by atoms with Crippen molar-refractivity contribution in [2.24, 2.45) is 11.8 Å². The van der Waals surface area contributed by atoms with Crippen LogP contribution in [-0.2, 0) is 14.4 Å². The van der Waals surface area contributed by atoms with E-state index in [2.05, 4.69) is 5.32 Å². The molecule has 6 nitrogen and oxygen atoms in total. The molecule has 2 saturated carbocycles. The minimum Gasteiger partial charge on any atom is -0.311 e. The number of amides is 3. The first-order chi connectivity index (χ1) is 13.4. The van der Waals surface area contributed by atoms with Crippen molar-refractivity contribution in [3.63, 3.8) is 0 Å². The lowest BCUT2D eigenvalue weighted by molar-refractivity contribution is -0.173. The van der Waals surface area contributed by atoms with Crippen LogP contribution in [0.15, 0.2) is 24.3 Å². The van der Waals surface area contributed by atoms with Crippen LogP contribution in [0.5, 0.6) is 0 Å². The lowest BCUT2D eigenvalue weighted by Crippen LogP contribution is -2.51. The summed E-state index contributed by atoms with van der Waals surface area (Å²) in [4.78, 5) is 39.3. The zero-order valence-corrected chi connectivity index (χ0v) is 19.1. The van der Waals surface area contributed by atoms with Crippen LogP contribution in [0.3, 0.4) is 0 Å². The quantitative estimate of drug-likeness (QED) is 0.432. The van der Waals surface area contributed by atoms with Gasteiger partial charge in [0.2, 0.25) is 0 Å². The molecule has 0 radical (unpaired) electrons. The second-order valence-electron chi connectivity index (χ2n) is 6.85. The molecule has 156 valence electrons. The topological polar surface area (TPSA) is 75.7 Å². The summed E-state index contributed by atoms with van der Waals surface area (Å²) in [5.41, 5.74) is 0.284. The molecular formula is C16H9Cl7N2O4. The van der Waals surface area contributed by atoms with Crippen molar-refractivity contribution in [3.8, 4) is 0 Å². The number of hydrogen-bond donors (Lipinski definition) is 1. The second-order valence-corrected chi connectivity index (χ2v) is 10.8. The Kier molecular flexibility index (Phi) is 5.15. The Balaban J connectivity index is 1.62. The molecule has 3 aliphatic rings. The van der Waals surface area contributed by atoms with Crippen LogP contribution in [0, 0.1) is 11.8 Å². The van der Waals surface area contributed by atoms with E-state index >= 15 is 0 Å². The van der Waals surface area contributed by atoms with Gasteiger partial charge in [-0.1, -0.05) is 40.9 Å². The van der Waals surface area contributed by atoms with Crippen LogP contribution in [0.2, 0.25) is 5.02 Å². The van der Waals surface area contributed by atoms with Crippen LogP contribution >= 0.6 is 81.2 Å². The van der Waals surface area contributed by atoms with Crippen molar-refractivity contribution in [2.45, 2.75) is 24.8 Å². The number of anilines is 1. The van der Waals surface area contributed by atoms with Crippen molar-refractivity contribution in [1.29, 1.82) is 0 Å². The molecule has 6 atom stereocenters. The maximum Gasteiger partial charge on any atom is 0.436 e. The summed E-state index contributed by atoms with van der Waals surface area (Å²) < 4.78 is -1.99. The Bertz CT molecular complexity index is 904. The van der Waals surface area contributed by atoms with Gasteiger partial charge in [0.05, 0.1) is 22.6 Å². The first-order valence-corrected chi connectivity index (χ1v) is 10.8. The molecule has 0 unspecified atom stereocenters. The number of imide groups is 1. The third-order valence-corrected chi connectivity index (χ3v) is 10.4. The van der Waals surface area contributed by atoms with Crippen LogP contribution in [0.25, 0.3) is 0 Å². The van der Waals surface area contributed by atoms with Gasteiger partial charge in [-0.3, -0.25) is 14.9 Å². The Hall–Kier alpha value is -0.340. The normalized spacial score (nSPS) is 39.6. The Morgan fingerprint density at radius 2 is 1.52 bits per heavy atom. The van der Waals surface area contributed by atoms with Crippen molar-refractivity contribution < 1.29 is 19.2 Å². The molecule has 1 aromatic carbocycles. The number of nitrogens with one attached hydrogen (secondary N) is 1. The van der Waals surface area contributed by atoms with Gasteiger partial charge in [0.1, 0.15) is 9.75 Å². The van der Waals surface area contributed by atoms with E-state index in [1.807, 2.05) is 0 Å². The van der Waals surface area contributed by atoms with Crippen molar-refractivity contribution in [1.82, 2.24) is 5.06 Å².